The minimum absolute atomic E-state index is 0.0460. The van der Waals surface area contributed by atoms with E-state index in [-0.39, 0.29) is 12.5 Å². The molecule has 0 spiro atoms. The monoisotopic (exact) mass is 258 g/mol. The van der Waals surface area contributed by atoms with E-state index in [0.29, 0.717) is 12.0 Å². The second-order valence-electron chi connectivity index (χ2n) is 5.19. The highest BCUT2D eigenvalue weighted by molar-refractivity contribution is 6.06. The number of fused-ring (bicyclic) bond motifs is 1. The molecule has 0 fully saturated rings. The highest BCUT2D eigenvalue weighted by atomic mass is 16.3. The van der Waals surface area contributed by atoms with Gasteiger partial charge in [0.15, 0.2) is 0 Å². The fraction of sp³-hybridized carbons (Fsp3) is 0.333. The Morgan fingerprint density at radius 2 is 2.05 bits per heavy atom. The summed E-state index contributed by atoms with van der Waals surface area (Å²) >= 11 is 0. The van der Waals surface area contributed by atoms with E-state index in [1.165, 1.54) is 0 Å². The number of pyridine rings is 1. The fourth-order valence-electron chi connectivity index (χ4n) is 2.01. The molecule has 0 bridgehead atoms. The topological polar surface area (TPSA) is 62.2 Å². The first kappa shape index (κ1) is 13.5. The van der Waals surface area contributed by atoms with Crippen LogP contribution in [0.15, 0.2) is 36.5 Å². The van der Waals surface area contributed by atoms with Crippen LogP contribution in [0.3, 0.4) is 0 Å². The SMILES string of the molecule is CC(C)(CCO)NC(=O)c1ccnc2ccccc12. The van der Waals surface area contributed by atoms with Gasteiger partial charge in [-0.05, 0) is 32.4 Å². The Labute approximate surface area is 112 Å². The number of hydrogen-bond acceptors (Lipinski definition) is 3. The summed E-state index contributed by atoms with van der Waals surface area (Å²) in [5, 5.41) is 12.8. The normalized spacial score (nSPS) is 11.5. The van der Waals surface area contributed by atoms with Crippen molar-refractivity contribution in [3.8, 4) is 0 Å². The molecule has 19 heavy (non-hydrogen) atoms. The highest BCUT2D eigenvalue weighted by Gasteiger charge is 2.21. The van der Waals surface area contributed by atoms with E-state index >= 15 is 0 Å². The first-order valence-electron chi connectivity index (χ1n) is 6.31. The van der Waals surface area contributed by atoms with E-state index in [4.69, 9.17) is 5.11 Å². The van der Waals surface area contributed by atoms with Gasteiger partial charge in [0.2, 0.25) is 0 Å². The maximum Gasteiger partial charge on any atom is 0.252 e. The summed E-state index contributed by atoms with van der Waals surface area (Å²) < 4.78 is 0. The molecular weight excluding hydrogens is 240 g/mol. The van der Waals surface area contributed by atoms with Crippen molar-refractivity contribution < 1.29 is 9.90 Å². The lowest BCUT2D eigenvalue weighted by Gasteiger charge is -2.25. The number of aliphatic hydroxyl groups is 1. The van der Waals surface area contributed by atoms with Gasteiger partial charge in [-0.25, -0.2) is 0 Å². The van der Waals surface area contributed by atoms with Gasteiger partial charge in [-0.1, -0.05) is 18.2 Å². The van der Waals surface area contributed by atoms with Gasteiger partial charge in [0.05, 0.1) is 11.1 Å². The lowest BCUT2D eigenvalue weighted by molar-refractivity contribution is 0.0901. The molecule has 1 heterocycles. The van der Waals surface area contributed by atoms with Crippen LogP contribution in [0.1, 0.15) is 30.6 Å². The second kappa shape index (κ2) is 5.36. The van der Waals surface area contributed by atoms with Crippen LogP contribution in [0.25, 0.3) is 10.9 Å². The molecule has 4 heteroatoms. The average Bonchev–Trinajstić information content (AvgIpc) is 2.37. The van der Waals surface area contributed by atoms with Gasteiger partial charge in [0.25, 0.3) is 5.91 Å². The number of carbonyl (C=O) groups excluding carboxylic acids is 1. The van der Waals surface area contributed by atoms with Gasteiger partial charge >= 0.3 is 0 Å². The Kier molecular flexibility index (Phi) is 3.81. The van der Waals surface area contributed by atoms with Gasteiger partial charge < -0.3 is 10.4 Å². The van der Waals surface area contributed by atoms with Crippen molar-refractivity contribution in [2.24, 2.45) is 0 Å². The summed E-state index contributed by atoms with van der Waals surface area (Å²) in [7, 11) is 0. The Morgan fingerprint density at radius 1 is 1.32 bits per heavy atom. The van der Waals surface area contributed by atoms with Crippen molar-refractivity contribution in [2.45, 2.75) is 25.8 Å². The molecule has 0 aliphatic rings. The molecule has 4 nitrogen and oxygen atoms in total. The second-order valence-corrected chi connectivity index (χ2v) is 5.19. The third-order valence-electron chi connectivity index (χ3n) is 3.08. The molecule has 0 saturated carbocycles. The third kappa shape index (κ3) is 3.09. The number of carbonyl (C=O) groups is 1. The van der Waals surface area contributed by atoms with Crippen molar-refractivity contribution in [1.82, 2.24) is 10.3 Å². The van der Waals surface area contributed by atoms with Crippen molar-refractivity contribution in [1.29, 1.82) is 0 Å². The Morgan fingerprint density at radius 3 is 2.79 bits per heavy atom. The highest BCUT2D eigenvalue weighted by Crippen LogP contribution is 2.17. The van der Waals surface area contributed by atoms with Crippen LogP contribution in [0.5, 0.6) is 0 Å². The summed E-state index contributed by atoms with van der Waals surface area (Å²) in [5.74, 6) is -0.142. The fourth-order valence-corrected chi connectivity index (χ4v) is 2.01. The minimum Gasteiger partial charge on any atom is -0.396 e. The maximum absolute atomic E-state index is 12.3. The van der Waals surface area contributed by atoms with E-state index in [1.54, 1.807) is 12.3 Å². The Bertz CT molecular complexity index is 588. The number of amides is 1. The summed E-state index contributed by atoms with van der Waals surface area (Å²) in [5.41, 5.74) is 0.975. The molecular formula is C15H18N2O2. The first-order valence-corrected chi connectivity index (χ1v) is 6.31. The molecule has 0 aliphatic heterocycles. The minimum atomic E-state index is -0.434. The van der Waals surface area contributed by atoms with Crippen LogP contribution in [0, 0.1) is 0 Å². The van der Waals surface area contributed by atoms with Crippen LogP contribution < -0.4 is 5.32 Å². The van der Waals surface area contributed by atoms with E-state index in [0.717, 1.165) is 10.9 Å². The molecule has 1 amide bonds. The zero-order chi connectivity index (χ0) is 13.9. The molecule has 1 aromatic carbocycles. The van der Waals surface area contributed by atoms with Gasteiger partial charge in [0.1, 0.15) is 0 Å². The maximum atomic E-state index is 12.3. The zero-order valence-corrected chi connectivity index (χ0v) is 11.2. The first-order chi connectivity index (χ1) is 9.03. The van der Waals surface area contributed by atoms with Gasteiger partial charge in [-0.15, -0.1) is 0 Å². The Balaban J connectivity index is 2.32. The number of nitrogens with zero attached hydrogens (tertiary/aromatic N) is 1. The molecule has 2 N–H and O–H groups in total. The number of nitrogens with one attached hydrogen (secondary N) is 1. The molecule has 2 rings (SSSR count). The third-order valence-corrected chi connectivity index (χ3v) is 3.08. The van der Waals surface area contributed by atoms with E-state index in [9.17, 15) is 4.79 Å². The van der Waals surface area contributed by atoms with E-state index in [2.05, 4.69) is 10.3 Å². The Hall–Kier alpha value is -1.94. The molecule has 1 aromatic heterocycles. The molecule has 0 atom stereocenters. The zero-order valence-electron chi connectivity index (χ0n) is 11.2. The van der Waals surface area contributed by atoms with Crippen LogP contribution in [0.4, 0.5) is 0 Å². The number of aromatic nitrogens is 1. The van der Waals surface area contributed by atoms with Gasteiger partial charge in [0, 0.05) is 23.7 Å². The van der Waals surface area contributed by atoms with E-state index < -0.39 is 5.54 Å². The predicted octanol–water partition coefficient (Wildman–Crippen LogP) is 2.13. The van der Waals surface area contributed by atoms with Gasteiger partial charge in [-0.2, -0.15) is 0 Å². The number of para-hydroxylation sites is 1. The van der Waals surface area contributed by atoms with Crippen LogP contribution in [0.2, 0.25) is 0 Å². The van der Waals surface area contributed by atoms with E-state index in [1.807, 2.05) is 38.1 Å². The molecule has 0 radical (unpaired) electrons. The van der Waals surface area contributed by atoms with Crippen LogP contribution in [-0.4, -0.2) is 28.1 Å². The van der Waals surface area contributed by atoms with Crippen molar-refractivity contribution >= 4 is 16.8 Å². The number of benzene rings is 1. The van der Waals surface area contributed by atoms with Crippen LogP contribution in [-0.2, 0) is 0 Å². The summed E-state index contributed by atoms with van der Waals surface area (Å²) in [4.78, 5) is 16.6. The lowest BCUT2D eigenvalue weighted by Crippen LogP contribution is -2.44. The van der Waals surface area contributed by atoms with Crippen molar-refractivity contribution in [3.05, 3.63) is 42.1 Å². The van der Waals surface area contributed by atoms with Crippen LogP contribution >= 0.6 is 0 Å². The van der Waals surface area contributed by atoms with Gasteiger partial charge in [-0.3, -0.25) is 9.78 Å². The summed E-state index contributed by atoms with van der Waals surface area (Å²) in [6, 6.07) is 9.26. The van der Waals surface area contributed by atoms with Crippen molar-refractivity contribution in [2.75, 3.05) is 6.61 Å². The smallest absolute Gasteiger partial charge is 0.252 e. The standard InChI is InChI=1S/C15H18N2O2/c1-15(2,8-10-18)17-14(19)12-7-9-16-13-6-4-3-5-11(12)13/h3-7,9,18H,8,10H2,1-2H3,(H,17,19). The predicted molar refractivity (Wildman–Crippen MR) is 75.0 cm³/mol. The molecule has 0 aliphatic carbocycles. The lowest BCUT2D eigenvalue weighted by atomic mass is 10.00. The largest absolute Gasteiger partial charge is 0.396 e. The number of hydrogen-bond donors (Lipinski definition) is 2. The average molecular weight is 258 g/mol. The van der Waals surface area contributed by atoms with Crippen molar-refractivity contribution in [3.63, 3.8) is 0 Å². The quantitative estimate of drug-likeness (QED) is 0.883. The molecule has 2 aromatic rings. The summed E-state index contributed by atoms with van der Waals surface area (Å²) in [6.07, 6.45) is 2.15. The number of rotatable bonds is 4. The summed E-state index contributed by atoms with van der Waals surface area (Å²) in [6.45, 7) is 3.83. The number of aliphatic hydroxyl groups excluding tert-OH is 1. The molecule has 100 valence electrons. The molecule has 0 saturated heterocycles. The molecule has 0 unspecified atom stereocenters.